The average Bonchev–Trinajstić information content (AvgIpc) is 2.88. The van der Waals surface area contributed by atoms with E-state index in [4.69, 9.17) is 0 Å². The van der Waals surface area contributed by atoms with Gasteiger partial charge < -0.3 is 10.2 Å². The molecule has 0 spiro atoms. The molecule has 2 heterocycles. The Morgan fingerprint density at radius 3 is 3.12 bits per heavy atom. The number of hydrogen-bond donors (Lipinski definition) is 1. The molecule has 1 aromatic rings. The van der Waals surface area contributed by atoms with E-state index in [0.29, 0.717) is 6.04 Å². The van der Waals surface area contributed by atoms with Crippen molar-refractivity contribution in [1.82, 2.24) is 15.2 Å². The van der Waals surface area contributed by atoms with Crippen LogP contribution < -0.4 is 5.32 Å². The van der Waals surface area contributed by atoms with Crippen molar-refractivity contribution in [2.24, 2.45) is 0 Å². The fourth-order valence-corrected chi connectivity index (χ4v) is 2.44. The maximum Gasteiger partial charge on any atom is 0.0300 e. The summed E-state index contributed by atoms with van der Waals surface area (Å²) in [6.07, 6.45) is 7.59. The van der Waals surface area contributed by atoms with E-state index in [-0.39, 0.29) is 0 Å². The topological polar surface area (TPSA) is 28.2 Å². The highest BCUT2D eigenvalue weighted by molar-refractivity contribution is 5.08. The molecule has 0 bridgehead atoms. The minimum absolute atomic E-state index is 0.712. The maximum atomic E-state index is 4.16. The maximum absolute atomic E-state index is 4.16. The molecule has 0 amide bonds. The van der Waals surface area contributed by atoms with Gasteiger partial charge in [0, 0.05) is 31.5 Å². The second-order valence-corrected chi connectivity index (χ2v) is 4.80. The van der Waals surface area contributed by atoms with Crippen LogP contribution in [0.5, 0.6) is 0 Å². The highest BCUT2D eigenvalue weighted by Crippen LogP contribution is 2.07. The van der Waals surface area contributed by atoms with Crippen molar-refractivity contribution < 1.29 is 0 Å². The van der Waals surface area contributed by atoms with Crippen LogP contribution in [0, 0.1) is 0 Å². The van der Waals surface area contributed by atoms with Crippen LogP contribution in [0.25, 0.3) is 0 Å². The quantitative estimate of drug-likeness (QED) is 0.810. The van der Waals surface area contributed by atoms with E-state index in [9.17, 15) is 0 Å². The van der Waals surface area contributed by atoms with E-state index in [2.05, 4.69) is 28.2 Å². The van der Waals surface area contributed by atoms with E-state index in [1.807, 2.05) is 18.5 Å². The molecule has 0 saturated carbocycles. The molecule has 1 aliphatic heterocycles. The summed E-state index contributed by atoms with van der Waals surface area (Å²) in [6.45, 7) is 6.92. The first kappa shape index (κ1) is 12.5. The Balaban J connectivity index is 1.75. The van der Waals surface area contributed by atoms with Crippen molar-refractivity contribution in [3.8, 4) is 0 Å². The molecular formula is C14H23N3. The lowest BCUT2D eigenvalue weighted by Gasteiger charge is -2.24. The van der Waals surface area contributed by atoms with E-state index in [1.54, 1.807) is 0 Å². The molecule has 1 N–H and O–H groups in total. The zero-order chi connectivity index (χ0) is 11.9. The van der Waals surface area contributed by atoms with E-state index in [0.717, 1.165) is 19.5 Å². The summed E-state index contributed by atoms with van der Waals surface area (Å²) in [6, 6.07) is 4.89. The lowest BCUT2D eigenvalue weighted by Crippen LogP contribution is -2.38. The zero-order valence-corrected chi connectivity index (χ0v) is 10.7. The van der Waals surface area contributed by atoms with Gasteiger partial charge in [0.15, 0.2) is 0 Å². The van der Waals surface area contributed by atoms with Crippen molar-refractivity contribution >= 4 is 0 Å². The van der Waals surface area contributed by atoms with Gasteiger partial charge in [0.2, 0.25) is 0 Å². The largest absolute Gasteiger partial charge is 0.313 e. The smallest absolute Gasteiger partial charge is 0.0300 e. The van der Waals surface area contributed by atoms with Gasteiger partial charge in [-0.05, 0) is 44.0 Å². The normalized spacial score (nSPS) is 20.0. The fraction of sp³-hybridized carbons (Fsp3) is 0.643. The Morgan fingerprint density at radius 2 is 2.47 bits per heavy atom. The van der Waals surface area contributed by atoms with Gasteiger partial charge in [-0.2, -0.15) is 0 Å². The number of aromatic nitrogens is 1. The standard InChI is InChI=1S/C14H23N3/c1-2-17(12-14-6-4-9-16-14)10-7-13-5-3-8-15-11-13/h3,5,8,11,14,16H,2,4,6-7,9-10,12H2,1H3. The van der Waals surface area contributed by atoms with Crippen molar-refractivity contribution in [2.45, 2.75) is 32.2 Å². The highest BCUT2D eigenvalue weighted by atomic mass is 15.1. The van der Waals surface area contributed by atoms with Crippen LogP contribution in [0.3, 0.4) is 0 Å². The molecule has 2 rings (SSSR count). The molecule has 0 aliphatic carbocycles. The first-order chi connectivity index (χ1) is 8.38. The Kier molecular flexibility index (Phi) is 4.95. The Morgan fingerprint density at radius 1 is 1.53 bits per heavy atom. The highest BCUT2D eigenvalue weighted by Gasteiger charge is 2.16. The van der Waals surface area contributed by atoms with Crippen molar-refractivity contribution in [1.29, 1.82) is 0 Å². The van der Waals surface area contributed by atoms with Gasteiger partial charge in [-0.3, -0.25) is 4.98 Å². The van der Waals surface area contributed by atoms with Gasteiger partial charge in [0.1, 0.15) is 0 Å². The SMILES string of the molecule is CCN(CCc1cccnc1)CC1CCCN1. The molecule has 0 aromatic carbocycles. The first-order valence-corrected chi connectivity index (χ1v) is 6.73. The third kappa shape index (κ3) is 4.10. The molecule has 1 fully saturated rings. The first-order valence-electron chi connectivity index (χ1n) is 6.73. The summed E-state index contributed by atoms with van der Waals surface area (Å²) >= 11 is 0. The summed E-state index contributed by atoms with van der Waals surface area (Å²) in [7, 11) is 0. The number of hydrogen-bond acceptors (Lipinski definition) is 3. The second kappa shape index (κ2) is 6.72. The van der Waals surface area contributed by atoms with Crippen molar-refractivity contribution in [3.63, 3.8) is 0 Å². The molecule has 1 unspecified atom stereocenters. The van der Waals surface area contributed by atoms with E-state index < -0.39 is 0 Å². The third-order valence-electron chi connectivity index (χ3n) is 3.53. The number of pyridine rings is 1. The molecule has 17 heavy (non-hydrogen) atoms. The van der Waals surface area contributed by atoms with E-state index in [1.165, 1.54) is 31.5 Å². The van der Waals surface area contributed by atoms with Crippen LogP contribution in [-0.2, 0) is 6.42 Å². The van der Waals surface area contributed by atoms with Crippen molar-refractivity contribution in [3.05, 3.63) is 30.1 Å². The summed E-state index contributed by atoms with van der Waals surface area (Å²) in [4.78, 5) is 6.70. The predicted octanol–water partition coefficient (Wildman–Crippen LogP) is 1.70. The average molecular weight is 233 g/mol. The second-order valence-electron chi connectivity index (χ2n) is 4.80. The van der Waals surface area contributed by atoms with Crippen molar-refractivity contribution in [2.75, 3.05) is 26.2 Å². The number of nitrogens with one attached hydrogen (secondary N) is 1. The van der Waals surface area contributed by atoms with Gasteiger partial charge >= 0.3 is 0 Å². The Bertz CT molecular complexity index is 307. The lowest BCUT2D eigenvalue weighted by molar-refractivity contribution is 0.264. The van der Waals surface area contributed by atoms with Gasteiger partial charge in [-0.1, -0.05) is 13.0 Å². The summed E-state index contributed by atoms with van der Waals surface area (Å²) in [5.41, 5.74) is 1.34. The molecule has 1 saturated heterocycles. The molecular weight excluding hydrogens is 210 g/mol. The van der Waals surface area contributed by atoms with Crippen LogP contribution in [-0.4, -0.2) is 42.1 Å². The van der Waals surface area contributed by atoms with Crippen LogP contribution in [0.4, 0.5) is 0 Å². The predicted molar refractivity (Wildman–Crippen MR) is 71.1 cm³/mol. The minimum Gasteiger partial charge on any atom is -0.313 e. The molecule has 1 aliphatic rings. The molecule has 1 atom stereocenters. The fourth-order valence-electron chi connectivity index (χ4n) is 2.44. The molecule has 1 aromatic heterocycles. The summed E-state index contributed by atoms with van der Waals surface area (Å²) < 4.78 is 0. The summed E-state index contributed by atoms with van der Waals surface area (Å²) in [5, 5.41) is 3.57. The van der Waals surface area contributed by atoms with Crippen LogP contribution >= 0.6 is 0 Å². The van der Waals surface area contributed by atoms with Crippen LogP contribution in [0.15, 0.2) is 24.5 Å². The molecule has 3 heteroatoms. The molecule has 3 nitrogen and oxygen atoms in total. The summed E-state index contributed by atoms with van der Waals surface area (Å²) in [5.74, 6) is 0. The number of nitrogens with zero attached hydrogens (tertiary/aromatic N) is 2. The zero-order valence-electron chi connectivity index (χ0n) is 10.7. The van der Waals surface area contributed by atoms with Gasteiger partial charge in [-0.15, -0.1) is 0 Å². The molecule has 0 radical (unpaired) electrons. The van der Waals surface area contributed by atoms with Gasteiger partial charge in [0.25, 0.3) is 0 Å². The monoisotopic (exact) mass is 233 g/mol. The lowest BCUT2D eigenvalue weighted by atomic mass is 10.2. The van der Waals surface area contributed by atoms with Gasteiger partial charge in [0.05, 0.1) is 0 Å². The van der Waals surface area contributed by atoms with E-state index >= 15 is 0 Å². The van der Waals surface area contributed by atoms with Crippen LogP contribution in [0.1, 0.15) is 25.3 Å². The molecule has 94 valence electrons. The van der Waals surface area contributed by atoms with Crippen LogP contribution in [0.2, 0.25) is 0 Å². The minimum atomic E-state index is 0.712. The Hall–Kier alpha value is -0.930. The number of rotatable bonds is 6. The number of likely N-dealkylation sites (N-methyl/N-ethyl adjacent to an activating group) is 1. The van der Waals surface area contributed by atoms with Gasteiger partial charge in [-0.25, -0.2) is 0 Å². The Labute approximate surface area is 104 Å². The third-order valence-corrected chi connectivity index (χ3v) is 3.53.